The van der Waals surface area contributed by atoms with Gasteiger partial charge in [-0.15, -0.1) is 0 Å². The summed E-state index contributed by atoms with van der Waals surface area (Å²) >= 11 is 0. The van der Waals surface area contributed by atoms with Gasteiger partial charge >= 0.3 is 0 Å². The Bertz CT molecular complexity index is 371. The van der Waals surface area contributed by atoms with Crippen molar-refractivity contribution in [2.75, 3.05) is 6.26 Å². The van der Waals surface area contributed by atoms with Gasteiger partial charge in [-0.05, 0) is 37.5 Å². The molecule has 3 unspecified atom stereocenters. The topological polar surface area (TPSA) is 54.4 Å². The Morgan fingerprint density at radius 1 is 1.05 bits per heavy atom. The van der Waals surface area contributed by atoms with Crippen LogP contribution >= 0.6 is 0 Å². The number of hydrogen-bond acceptors (Lipinski definition) is 3. The van der Waals surface area contributed by atoms with Crippen molar-refractivity contribution in [1.29, 1.82) is 0 Å². The number of rotatable bonds is 4. The lowest BCUT2D eigenvalue weighted by molar-refractivity contribution is 0.0569. The fraction of sp³-hybridized carbons (Fsp3) is 1.00. The maximum atomic E-state index is 11.7. The van der Waals surface area contributed by atoms with Crippen LogP contribution in [0, 0.1) is 11.8 Å². The van der Waals surface area contributed by atoms with Crippen LogP contribution in [0.25, 0.3) is 0 Å². The van der Waals surface area contributed by atoms with E-state index in [4.69, 9.17) is 0 Å². The first-order chi connectivity index (χ1) is 8.97. The van der Waals surface area contributed by atoms with Gasteiger partial charge in [0.2, 0.25) is 0 Å². The molecule has 2 fully saturated rings. The van der Waals surface area contributed by atoms with Crippen molar-refractivity contribution in [1.82, 2.24) is 0 Å². The van der Waals surface area contributed by atoms with Gasteiger partial charge in [0.25, 0.3) is 0 Å². The van der Waals surface area contributed by atoms with Crippen LogP contribution in [0.2, 0.25) is 0 Å². The van der Waals surface area contributed by atoms with Crippen LogP contribution in [-0.2, 0) is 9.84 Å². The first-order valence-corrected chi connectivity index (χ1v) is 9.79. The normalized spacial score (nSPS) is 32.1. The van der Waals surface area contributed by atoms with E-state index in [1.54, 1.807) is 0 Å². The summed E-state index contributed by atoms with van der Waals surface area (Å²) in [6.45, 7) is 0. The van der Waals surface area contributed by atoms with Gasteiger partial charge in [0.05, 0.1) is 11.4 Å². The van der Waals surface area contributed by atoms with Crippen molar-refractivity contribution < 1.29 is 13.5 Å². The molecule has 2 aliphatic carbocycles. The Morgan fingerprint density at radius 2 is 1.74 bits per heavy atom. The van der Waals surface area contributed by atoms with Crippen LogP contribution in [0.4, 0.5) is 0 Å². The summed E-state index contributed by atoms with van der Waals surface area (Å²) in [6.07, 6.45) is 11.8. The first kappa shape index (κ1) is 15.3. The monoisotopic (exact) mass is 288 g/mol. The van der Waals surface area contributed by atoms with Crippen molar-refractivity contribution in [2.45, 2.75) is 75.6 Å². The second kappa shape index (κ2) is 6.57. The van der Waals surface area contributed by atoms with E-state index >= 15 is 0 Å². The van der Waals surface area contributed by atoms with Crippen LogP contribution in [0.3, 0.4) is 0 Å². The number of aliphatic hydroxyl groups is 1. The molecule has 0 aliphatic heterocycles. The van der Waals surface area contributed by atoms with Crippen LogP contribution < -0.4 is 0 Å². The van der Waals surface area contributed by atoms with Gasteiger partial charge in [0.15, 0.2) is 0 Å². The predicted molar refractivity (Wildman–Crippen MR) is 77.8 cm³/mol. The maximum absolute atomic E-state index is 11.7. The van der Waals surface area contributed by atoms with Crippen molar-refractivity contribution >= 4 is 9.84 Å². The van der Waals surface area contributed by atoms with Crippen molar-refractivity contribution in [3.05, 3.63) is 0 Å². The molecule has 3 nitrogen and oxygen atoms in total. The zero-order valence-corrected chi connectivity index (χ0v) is 12.9. The molecule has 0 aromatic carbocycles. The van der Waals surface area contributed by atoms with Crippen LogP contribution in [0.5, 0.6) is 0 Å². The smallest absolute Gasteiger partial charge is 0.150 e. The summed E-state index contributed by atoms with van der Waals surface area (Å²) in [5, 5.41) is 10.2. The van der Waals surface area contributed by atoms with E-state index in [1.807, 2.05) is 0 Å². The molecule has 0 spiro atoms. The summed E-state index contributed by atoms with van der Waals surface area (Å²) in [6, 6.07) is 0. The number of sulfone groups is 1. The second-order valence-electron chi connectivity index (χ2n) is 6.69. The van der Waals surface area contributed by atoms with Crippen LogP contribution in [0.1, 0.15) is 64.2 Å². The van der Waals surface area contributed by atoms with E-state index in [2.05, 4.69) is 0 Å². The number of hydrogen-bond donors (Lipinski definition) is 1. The molecular weight excluding hydrogens is 260 g/mol. The third kappa shape index (κ3) is 4.45. The Morgan fingerprint density at radius 3 is 2.37 bits per heavy atom. The highest BCUT2D eigenvalue weighted by atomic mass is 32.2. The zero-order valence-electron chi connectivity index (χ0n) is 12.1. The minimum atomic E-state index is -2.94. The highest BCUT2D eigenvalue weighted by Crippen LogP contribution is 2.35. The quantitative estimate of drug-likeness (QED) is 0.865. The molecule has 2 aliphatic rings. The summed E-state index contributed by atoms with van der Waals surface area (Å²) in [4.78, 5) is 0. The molecule has 2 rings (SSSR count). The lowest BCUT2D eigenvalue weighted by Crippen LogP contribution is -2.34. The fourth-order valence-corrected chi connectivity index (χ4v) is 5.07. The minimum Gasteiger partial charge on any atom is -0.393 e. The molecule has 2 saturated carbocycles. The second-order valence-corrected chi connectivity index (χ2v) is 9.01. The zero-order chi connectivity index (χ0) is 13.9. The van der Waals surface area contributed by atoms with Gasteiger partial charge < -0.3 is 5.11 Å². The van der Waals surface area contributed by atoms with E-state index in [1.165, 1.54) is 38.4 Å². The predicted octanol–water partition coefficient (Wildman–Crippen LogP) is 2.92. The molecule has 0 amide bonds. The molecule has 4 heteroatoms. The Kier molecular flexibility index (Phi) is 5.29. The van der Waals surface area contributed by atoms with E-state index in [0.717, 1.165) is 25.7 Å². The molecule has 1 N–H and O–H groups in total. The van der Waals surface area contributed by atoms with Gasteiger partial charge in [-0.1, -0.05) is 38.5 Å². The molecule has 112 valence electrons. The minimum absolute atomic E-state index is 0.204. The average Bonchev–Trinajstić information content (AvgIpc) is 2.39. The van der Waals surface area contributed by atoms with Gasteiger partial charge in [-0.2, -0.15) is 0 Å². The standard InChI is InChI=1S/C15H28O3S/c1-19(17,18)14-9-5-8-13(11-14)15(16)10-12-6-3-2-4-7-12/h12-16H,2-11H2,1H3. The lowest BCUT2D eigenvalue weighted by atomic mass is 9.78. The van der Waals surface area contributed by atoms with Crippen LogP contribution in [-0.4, -0.2) is 31.1 Å². The molecule has 0 bridgehead atoms. The Balaban J connectivity index is 1.86. The Hall–Kier alpha value is -0.0900. The van der Waals surface area contributed by atoms with Gasteiger partial charge in [0, 0.05) is 6.26 Å². The summed E-state index contributed by atoms with van der Waals surface area (Å²) in [5.74, 6) is 0.873. The number of aliphatic hydroxyl groups excluding tert-OH is 1. The third-order valence-corrected chi connectivity index (χ3v) is 6.76. The van der Waals surface area contributed by atoms with E-state index in [9.17, 15) is 13.5 Å². The highest BCUT2D eigenvalue weighted by molar-refractivity contribution is 7.91. The van der Waals surface area contributed by atoms with Crippen molar-refractivity contribution in [3.8, 4) is 0 Å². The van der Waals surface area contributed by atoms with Crippen LogP contribution in [0.15, 0.2) is 0 Å². The molecular formula is C15H28O3S. The lowest BCUT2D eigenvalue weighted by Gasteiger charge is -2.33. The summed E-state index contributed by atoms with van der Waals surface area (Å²) < 4.78 is 23.3. The molecule has 0 saturated heterocycles. The third-order valence-electron chi connectivity index (χ3n) is 5.12. The Labute approximate surface area is 117 Å². The molecule has 0 radical (unpaired) electrons. The SMILES string of the molecule is CS(=O)(=O)C1CCCC(C(O)CC2CCCCC2)C1. The summed E-state index contributed by atoms with van der Waals surface area (Å²) in [5.41, 5.74) is 0. The molecule has 19 heavy (non-hydrogen) atoms. The average molecular weight is 288 g/mol. The molecule has 0 aromatic heterocycles. The fourth-order valence-electron chi connectivity index (χ4n) is 3.88. The van der Waals surface area contributed by atoms with E-state index in [0.29, 0.717) is 12.3 Å². The van der Waals surface area contributed by atoms with E-state index < -0.39 is 9.84 Å². The largest absolute Gasteiger partial charge is 0.393 e. The van der Waals surface area contributed by atoms with E-state index in [-0.39, 0.29) is 17.3 Å². The van der Waals surface area contributed by atoms with Gasteiger partial charge in [0.1, 0.15) is 9.84 Å². The molecule has 0 aromatic rings. The van der Waals surface area contributed by atoms with Gasteiger partial charge in [-0.25, -0.2) is 8.42 Å². The van der Waals surface area contributed by atoms with Crippen molar-refractivity contribution in [2.24, 2.45) is 11.8 Å². The molecule has 3 atom stereocenters. The van der Waals surface area contributed by atoms with Crippen molar-refractivity contribution in [3.63, 3.8) is 0 Å². The maximum Gasteiger partial charge on any atom is 0.150 e. The highest BCUT2D eigenvalue weighted by Gasteiger charge is 2.33. The summed E-state index contributed by atoms with van der Waals surface area (Å²) in [7, 11) is -2.94. The molecule has 0 heterocycles. The first-order valence-electron chi connectivity index (χ1n) is 7.83. The van der Waals surface area contributed by atoms with Gasteiger partial charge in [-0.3, -0.25) is 0 Å².